The van der Waals surface area contributed by atoms with Gasteiger partial charge in [0.1, 0.15) is 0 Å². The fourth-order valence-corrected chi connectivity index (χ4v) is 2.54. The number of aromatic nitrogens is 2. The summed E-state index contributed by atoms with van der Waals surface area (Å²) in [7, 11) is 0. The smallest absolute Gasteiger partial charge is 0.0945 e. The quantitative estimate of drug-likeness (QED) is 0.788. The SMILES string of the molecule is CCC1(C)CC(NCCCn2ccnc2)CCO1. The van der Waals surface area contributed by atoms with E-state index in [-0.39, 0.29) is 5.60 Å². The van der Waals surface area contributed by atoms with Crippen molar-refractivity contribution in [2.45, 2.75) is 57.7 Å². The van der Waals surface area contributed by atoms with Crippen molar-refractivity contribution in [1.82, 2.24) is 14.9 Å². The highest BCUT2D eigenvalue weighted by molar-refractivity contribution is 4.85. The van der Waals surface area contributed by atoms with Gasteiger partial charge in [-0.1, -0.05) is 6.92 Å². The average molecular weight is 251 g/mol. The third kappa shape index (κ3) is 3.82. The highest BCUT2D eigenvalue weighted by Crippen LogP contribution is 2.27. The van der Waals surface area contributed by atoms with Gasteiger partial charge in [0.05, 0.1) is 11.9 Å². The molecule has 0 radical (unpaired) electrons. The summed E-state index contributed by atoms with van der Waals surface area (Å²) in [6.45, 7) is 7.45. The first kappa shape index (κ1) is 13.6. The van der Waals surface area contributed by atoms with E-state index in [2.05, 4.69) is 28.7 Å². The van der Waals surface area contributed by atoms with Gasteiger partial charge in [0.25, 0.3) is 0 Å². The van der Waals surface area contributed by atoms with Crippen LogP contribution in [0.25, 0.3) is 0 Å². The molecule has 0 bridgehead atoms. The van der Waals surface area contributed by atoms with E-state index < -0.39 is 0 Å². The molecule has 102 valence electrons. The first-order valence-corrected chi connectivity index (χ1v) is 7.05. The first-order chi connectivity index (χ1) is 8.72. The topological polar surface area (TPSA) is 39.1 Å². The van der Waals surface area contributed by atoms with E-state index in [0.29, 0.717) is 6.04 Å². The molecule has 2 unspecified atom stereocenters. The van der Waals surface area contributed by atoms with Gasteiger partial charge in [0.15, 0.2) is 0 Å². The second kappa shape index (κ2) is 6.34. The van der Waals surface area contributed by atoms with E-state index in [1.807, 2.05) is 18.7 Å². The first-order valence-electron chi connectivity index (χ1n) is 7.05. The molecule has 2 heterocycles. The Morgan fingerprint density at radius 1 is 1.56 bits per heavy atom. The Hall–Kier alpha value is -0.870. The van der Waals surface area contributed by atoms with Crippen molar-refractivity contribution in [3.8, 4) is 0 Å². The summed E-state index contributed by atoms with van der Waals surface area (Å²) in [5.41, 5.74) is 0.0836. The molecule has 1 aromatic rings. The van der Waals surface area contributed by atoms with Crippen molar-refractivity contribution >= 4 is 0 Å². The van der Waals surface area contributed by atoms with E-state index >= 15 is 0 Å². The molecule has 0 spiro atoms. The predicted molar refractivity (Wildman–Crippen MR) is 72.5 cm³/mol. The minimum absolute atomic E-state index is 0.0836. The molecule has 1 fully saturated rings. The number of hydrogen-bond acceptors (Lipinski definition) is 3. The van der Waals surface area contributed by atoms with Gasteiger partial charge in [0.2, 0.25) is 0 Å². The Morgan fingerprint density at radius 3 is 3.17 bits per heavy atom. The maximum Gasteiger partial charge on any atom is 0.0945 e. The van der Waals surface area contributed by atoms with E-state index in [1.165, 1.54) is 0 Å². The van der Waals surface area contributed by atoms with Crippen LogP contribution in [0.5, 0.6) is 0 Å². The standard InChI is InChI=1S/C14H25N3O/c1-3-14(2)11-13(5-10-18-14)16-6-4-8-17-9-7-15-12-17/h7,9,12-13,16H,3-6,8,10-11H2,1-2H3. The highest BCUT2D eigenvalue weighted by Gasteiger charge is 2.31. The molecular weight excluding hydrogens is 226 g/mol. The molecule has 0 saturated carbocycles. The van der Waals surface area contributed by atoms with Gasteiger partial charge in [-0.15, -0.1) is 0 Å². The summed E-state index contributed by atoms with van der Waals surface area (Å²) >= 11 is 0. The number of nitrogens with zero attached hydrogens (tertiary/aromatic N) is 2. The summed E-state index contributed by atoms with van der Waals surface area (Å²) in [5, 5.41) is 3.66. The molecule has 1 aromatic heterocycles. The number of nitrogens with one attached hydrogen (secondary N) is 1. The maximum atomic E-state index is 5.86. The lowest BCUT2D eigenvalue weighted by Crippen LogP contribution is -2.45. The van der Waals surface area contributed by atoms with Crippen LogP contribution < -0.4 is 5.32 Å². The summed E-state index contributed by atoms with van der Waals surface area (Å²) in [5.74, 6) is 0. The van der Waals surface area contributed by atoms with Crippen molar-refractivity contribution in [3.63, 3.8) is 0 Å². The zero-order valence-electron chi connectivity index (χ0n) is 11.6. The summed E-state index contributed by atoms with van der Waals surface area (Å²) < 4.78 is 7.98. The monoisotopic (exact) mass is 251 g/mol. The normalized spacial score (nSPS) is 28.4. The van der Waals surface area contributed by atoms with Crippen LogP contribution in [0.1, 0.15) is 39.5 Å². The Labute approximate surface area is 110 Å². The number of rotatable bonds is 6. The molecule has 0 aromatic carbocycles. The summed E-state index contributed by atoms with van der Waals surface area (Å²) in [6, 6.07) is 0.617. The Balaban J connectivity index is 1.64. The lowest BCUT2D eigenvalue weighted by Gasteiger charge is -2.38. The van der Waals surface area contributed by atoms with Gasteiger partial charge >= 0.3 is 0 Å². The van der Waals surface area contributed by atoms with Gasteiger partial charge in [-0.25, -0.2) is 4.98 Å². The molecule has 4 heteroatoms. The molecule has 2 atom stereocenters. The summed E-state index contributed by atoms with van der Waals surface area (Å²) in [6.07, 6.45) is 10.2. The molecule has 1 aliphatic rings. The van der Waals surface area contributed by atoms with Crippen molar-refractivity contribution < 1.29 is 4.74 Å². The van der Waals surface area contributed by atoms with E-state index in [1.54, 1.807) is 0 Å². The Kier molecular flexibility index (Phi) is 4.78. The molecule has 18 heavy (non-hydrogen) atoms. The number of imidazole rings is 1. The van der Waals surface area contributed by atoms with Gasteiger partial charge in [-0.05, 0) is 39.2 Å². The van der Waals surface area contributed by atoms with Gasteiger partial charge < -0.3 is 14.6 Å². The van der Waals surface area contributed by atoms with E-state index in [9.17, 15) is 0 Å². The molecule has 4 nitrogen and oxygen atoms in total. The van der Waals surface area contributed by atoms with Crippen molar-refractivity contribution in [2.24, 2.45) is 0 Å². The minimum Gasteiger partial charge on any atom is -0.375 e. The van der Waals surface area contributed by atoms with Crippen LogP contribution in [-0.2, 0) is 11.3 Å². The Bertz CT molecular complexity index is 339. The average Bonchev–Trinajstić information content (AvgIpc) is 2.88. The Morgan fingerprint density at radius 2 is 2.44 bits per heavy atom. The lowest BCUT2D eigenvalue weighted by molar-refractivity contribution is -0.0778. The van der Waals surface area contributed by atoms with Crippen LogP contribution in [-0.4, -0.2) is 34.3 Å². The fraction of sp³-hybridized carbons (Fsp3) is 0.786. The molecule has 0 aliphatic carbocycles. The van der Waals surface area contributed by atoms with Crippen LogP contribution in [0.2, 0.25) is 0 Å². The van der Waals surface area contributed by atoms with Crippen LogP contribution in [0, 0.1) is 0 Å². The van der Waals surface area contributed by atoms with E-state index in [4.69, 9.17) is 4.74 Å². The van der Waals surface area contributed by atoms with Crippen LogP contribution in [0.4, 0.5) is 0 Å². The summed E-state index contributed by atoms with van der Waals surface area (Å²) in [4.78, 5) is 4.05. The van der Waals surface area contributed by atoms with Gasteiger partial charge in [-0.3, -0.25) is 0 Å². The van der Waals surface area contributed by atoms with Gasteiger partial charge in [0, 0.05) is 31.6 Å². The van der Waals surface area contributed by atoms with E-state index in [0.717, 1.165) is 45.4 Å². The number of aryl methyl sites for hydroxylation is 1. The molecule has 1 saturated heterocycles. The highest BCUT2D eigenvalue weighted by atomic mass is 16.5. The molecule has 1 N–H and O–H groups in total. The van der Waals surface area contributed by atoms with Crippen LogP contribution in [0.3, 0.4) is 0 Å². The third-order valence-electron chi connectivity index (χ3n) is 3.93. The fourth-order valence-electron chi connectivity index (χ4n) is 2.54. The second-order valence-corrected chi connectivity index (χ2v) is 5.45. The van der Waals surface area contributed by atoms with Gasteiger partial charge in [-0.2, -0.15) is 0 Å². The molecule has 2 rings (SSSR count). The third-order valence-corrected chi connectivity index (χ3v) is 3.93. The zero-order chi connectivity index (χ0) is 12.8. The molecule has 1 aliphatic heterocycles. The second-order valence-electron chi connectivity index (χ2n) is 5.45. The zero-order valence-corrected chi connectivity index (χ0v) is 11.6. The van der Waals surface area contributed by atoms with Crippen molar-refractivity contribution in [3.05, 3.63) is 18.7 Å². The lowest BCUT2D eigenvalue weighted by atomic mass is 9.90. The van der Waals surface area contributed by atoms with Crippen molar-refractivity contribution in [1.29, 1.82) is 0 Å². The van der Waals surface area contributed by atoms with Crippen molar-refractivity contribution in [2.75, 3.05) is 13.2 Å². The largest absolute Gasteiger partial charge is 0.375 e. The van der Waals surface area contributed by atoms with Crippen LogP contribution in [0.15, 0.2) is 18.7 Å². The predicted octanol–water partition coefficient (Wildman–Crippen LogP) is 2.21. The molecule has 0 amide bonds. The number of hydrogen-bond donors (Lipinski definition) is 1. The molecular formula is C14H25N3O. The maximum absolute atomic E-state index is 5.86. The van der Waals surface area contributed by atoms with Crippen LogP contribution >= 0.6 is 0 Å². The minimum atomic E-state index is 0.0836. The number of ether oxygens (including phenoxy) is 1.